The molecule has 0 amide bonds. The molecule has 0 unspecified atom stereocenters. The molecule has 0 saturated carbocycles. The number of rotatable bonds is 4. The number of carbonyl (C=O) groups is 2. The van der Waals surface area contributed by atoms with Gasteiger partial charge in [0.2, 0.25) is 0 Å². The molecule has 96 valence electrons. The topological polar surface area (TPSA) is 72.8 Å². The molecule has 0 aromatic heterocycles. The molecular weight excluding hydrogens is 243 g/mol. The van der Waals surface area contributed by atoms with Gasteiger partial charge >= 0.3 is 5.97 Å². The summed E-state index contributed by atoms with van der Waals surface area (Å²) >= 11 is 0. The Bertz CT molecular complexity index is 507. The van der Waals surface area contributed by atoms with E-state index in [1.807, 2.05) is 0 Å². The van der Waals surface area contributed by atoms with Crippen molar-refractivity contribution in [3.8, 4) is 5.75 Å². The number of ether oxygens (including phenoxy) is 2. The Morgan fingerprint density at radius 2 is 2.11 bits per heavy atom. The molecule has 1 fully saturated rings. The van der Waals surface area contributed by atoms with E-state index in [1.165, 1.54) is 19.2 Å². The highest BCUT2D eigenvalue weighted by Gasteiger charge is 2.53. The number of benzene rings is 1. The van der Waals surface area contributed by atoms with Gasteiger partial charge in [0.15, 0.2) is 22.8 Å². The number of hydrogen-bond donors (Lipinski definition) is 1. The van der Waals surface area contributed by atoms with E-state index in [9.17, 15) is 14.0 Å². The first-order valence-corrected chi connectivity index (χ1v) is 5.21. The monoisotopic (exact) mass is 254 g/mol. The molecule has 1 aliphatic heterocycles. The van der Waals surface area contributed by atoms with E-state index in [0.717, 1.165) is 6.07 Å². The number of aliphatic carboxylic acids is 1. The molecule has 1 aromatic carbocycles. The summed E-state index contributed by atoms with van der Waals surface area (Å²) in [6, 6.07) is 3.61. The number of methoxy groups -OCH3 is 1. The van der Waals surface area contributed by atoms with Crippen LogP contribution in [-0.4, -0.2) is 37.2 Å². The summed E-state index contributed by atoms with van der Waals surface area (Å²) in [4.78, 5) is 23.2. The summed E-state index contributed by atoms with van der Waals surface area (Å²) in [5.74, 6) is -2.61. The highest BCUT2D eigenvalue weighted by Crippen LogP contribution is 2.33. The van der Waals surface area contributed by atoms with E-state index in [-0.39, 0.29) is 24.5 Å². The van der Waals surface area contributed by atoms with E-state index in [4.69, 9.17) is 14.6 Å². The van der Waals surface area contributed by atoms with Crippen molar-refractivity contribution in [2.45, 2.75) is 0 Å². The summed E-state index contributed by atoms with van der Waals surface area (Å²) in [6.07, 6.45) is 0. The van der Waals surface area contributed by atoms with Gasteiger partial charge in [-0.25, -0.2) is 4.39 Å². The fourth-order valence-corrected chi connectivity index (χ4v) is 1.74. The molecule has 0 radical (unpaired) electrons. The van der Waals surface area contributed by atoms with Gasteiger partial charge in [-0.1, -0.05) is 0 Å². The van der Waals surface area contributed by atoms with Gasteiger partial charge in [0.1, 0.15) is 0 Å². The maximum Gasteiger partial charge on any atom is 0.322 e. The molecule has 5 nitrogen and oxygen atoms in total. The second-order valence-corrected chi connectivity index (χ2v) is 4.06. The quantitative estimate of drug-likeness (QED) is 0.643. The van der Waals surface area contributed by atoms with Crippen LogP contribution in [0, 0.1) is 11.2 Å². The number of carboxylic acid groups (broad SMARTS) is 1. The molecule has 1 aliphatic rings. The molecule has 1 N–H and O–H groups in total. The van der Waals surface area contributed by atoms with E-state index in [1.54, 1.807) is 0 Å². The van der Waals surface area contributed by atoms with Gasteiger partial charge in [0.25, 0.3) is 0 Å². The van der Waals surface area contributed by atoms with Gasteiger partial charge in [0.05, 0.1) is 20.3 Å². The van der Waals surface area contributed by atoms with Crippen LogP contribution in [0.15, 0.2) is 18.2 Å². The SMILES string of the molecule is COc1ccc(C(=O)C2(C(=O)O)COC2)cc1F. The third kappa shape index (κ3) is 1.74. The first-order valence-electron chi connectivity index (χ1n) is 5.21. The average molecular weight is 254 g/mol. The minimum Gasteiger partial charge on any atom is -0.494 e. The standard InChI is InChI=1S/C12H11FO5/c1-17-9-3-2-7(4-8(9)13)10(14)12(11(15)16)5-18-6-12/h2-4H,5-6H2,1H3,(H,15,16). The second kappa shape index (κ2) is 4.38. The number of carboxylic acids is 1. The largest absolute Gasteiger partial charge is 0.494 e. The van der Waals surface area contributed by atoms with Gasteiger partial charge in [-0.3, -0.25) is 9.59 Å². The Kier molecular flexibility index (Phi) is 3.04. The summed E-state index contributed by atoms with van der Waals surface area (Å²) in [7, 11) is 1.30. The number of ketones is 1. The van der Waals surface area contributed by atoms with Crippen molar-refractivity contribution in [1.29, 1.82) is 0 Å². The Morgan fingerprint density at radius 3 is 2.50 bits per heavy atom. The van der Waals surface area contributed by atoms with Crippen molar-refractivity contribution >= 4 is 11.8 Å². The lowest BCUT2D eigenvalue weighted by Crippen LogP contribution is -2.54. The van der Waals surface area contributed by atoms with Crippen LogP contribution in [0.1, 0.15) is 10.4 Å². The molecule has 6 heteroatoms. The van der Waals surface area contributed by atoms with Crippen molar-refractivity contribution in [3.63, 3.8) is 0 Å². The fourth-order valence-electron chi connectivity index (χ4n) is 1.74. The summed E-state index contributed by atoms with van der Waals surface area (Å²) in [5.41, 5.74) is -1.58. The molecule has 1 saturated heterocycles. The van der Waals surface area contributed by atoms with Crippen LogP contribution < -0.4 is 4.74 Å². The zero-order valence-corrected chi connectivity index (χ0v) is 9.60. The summed E-state index contributed by atoms with van der Waals surface area (Å²) in [6.45, 7) is -0.371. The third-order valence-corrected chi connectivity index (χ3v) is 2.95. The molecule has 0 bridgehead atoms. The van der Waals surface area contributed by atoms with Crippen LogP contribution in [0.5, 0.6) is 5.75 Å². The average Bonchev–Trinajstić information content (AvgIpc) is 2.26. The number of Topliss-reactive ketones (excluding diaryl/α,β-unsaturated/α-hetero) is 1. The minimum atomic E-state index is -1.58. The summed E-state index contributed by atoms with van der Waals surface area (Å²) < 4.78 is 23.0. The van der Waals surface area contributed by atoms with Crippen molar-refractivity contribution in [1.82, 2.24) is 0 Å². The lowest BCUT2D eigenvalue weighted by molar-refractivity contribution is -0.169. The molecule has 0 spiro atoms. The van der Waals surface area contributed by atoms with Crippen molar-refractivity contribution in [3.05, 3.63) is 29.6 Å². The number of hydrogen-bond acceptors (Lipinski definition) is 4. The van der Waals surface area contributed by atoms with Crippen LogP contribution >= 0.6 is 0 Å². The van der Waals surface area contributed by atoms with Crippen molar-refractivity contribution in [2.75, 3.05) is 20.3 Å². The Labute approximate surface area is 102 Å². The summed E-state index contributed by atoms with van der Waals surface area (Å²) in [5, 5.41) is 9.07. The van der Waals surface area contributed by atoms with E-state index in [2.05, 4.69) is 0 Å². The predicted molar refractivity (Wildman–Crippen MR) is 58.2 cm³/mol. The van der Waals surface area contributed by atoms with Crippen molar-refractivity contribution in [2.24, 2.45) is 5.41 Å². The third-order valence-electron chi connectivity index (χ3n) is 2.95. The maximum atomic E-state index is 13.5. The first-order chi connectivity index (χ1) is 8.51. The zero-order chi connectivity index (χ0) is 13.3. The first kappa shape index (κ1) is 12.5. The van der Waals surface area contributed by atoms with E-state index < -0.39 is 23.0 Å². The molecule has 2 rings (SSSR count). The Morgan fingerprint density at radius 1 is 1.44 bits per heavy atom. The lowest BCUT2D eigenvalue weighted by Gasteiger charge is -2.35. The minimum absolute atomic E-state index is 0.000726. The van der Waals surface area contributed by atoms with Gasteiger partial charge < -0.3 is 14.6 Å². The fraction of sp³-hybridized carbons (Fsp3) is 0.333. The molecular formula is C12H11FO5. The van der Waals surface area contributed by atoms with Gasteiger partial charge in [-0.05, 0) is 18.2 Å². The van der Waals surface area contributed by atoms with Crippen LogP contribution in [0.4, 0.5) is 4.39 Å². The lowest BCUT2D eigenvalue weighted by atomic mass is 9.78. The normalized spacial score (nSPS) is 16.8. The molecule has 0 aliphatic carbocycles. The Balaban J connectivity index is 2.34. The van der Waals surface area contributed by atoms with Crippen LogP contribution in [0.3, 0.4) is 0 Å². The highest BCUT2D eigenvalue weighted by atomic mass is 19.1. The van der Waals surface area contributed by atoms with Crippen LogP contribution in [0.25, 0.3) is 0 Å². The maximum absolute atomic E-state index is 13.5. The predicted octanol–water partition coefficient (Wildman–Crippen LogP) is 1.12. The molecule has 1 heterocycles. The van der Waals surface area contributed by atoms with Gasteiger partial charge in [-0.15, -0.1) is 0 Å². The van der Waals surface area contributed by atoms with E-state index in [0.29, 0.717) is 0 Å². The zero-order valence-electron chi connectivity index (χ0n) is 9.60. The smallest absolute Gasteiger partial charge is 0.322 e. The number of carbonyl (C=O) groups excluding carboxylic acids is 1. The second-order valence-electron chi connectivity index (χ2n) is 4.06. The molecule has 0 atom stereocenters. The van der Waals surface area contributed by atoms with Gasteiger partial charge in [-0.2, -0.15) is 0 Å². The molecule has 1 aromatic rings. The van der Waals surface area contributed by atoms with Gasteiger partial charge in [0, 0.05) is 5.56 Å². The highest BCUT2D eigenvalue weighted by molar-refractivity contribution is 6.13. The van der Waals surface area contributed by atoms with E-state index >= 15 is 0 Å². The number of halogens is 1. The van der Waals surface area contributed by atoms with Crippen LogP contribution in [0.2, 0.25) is 0 Å². The molecule has 18 heavy (non-hydrogen) atoms. The van der Waals surface area contributed by atoms with Crippen molar-refractivity contribution < 1.29 is 28.6 Å². The van der Waals surface area contributed by atoms with Crippen LogP contribution in [-0.2, 0) is 9.53 Å². The Hall–Kier alpha value is -1.95.